The van der Waals surface area contributed by atoms with Gasteiger partial charge in [0.25, 0.3) is 0 Å². The number of nitrogens with one attached hydrogen (secondary N) is 1. The number of ether oxygens (including phenoxy) is 2. The summed E-state index contributed by atoms with van der Waals surface area (Å²) in [6.07, 6.45) is 0.248. The summed E-state index contributed by atoms with van der Waals surface area (Å²) in [6.45, 7) is 0. The van der Waals surface area contributed by atoms with Gasteiger partial charge in [0, 0.05) is 6.42 Å². The predicted octanol–water partition coefficient (Wildman–Crippen LogP) is 0.418. The Morgan fingerprint density at radius 2 is 1.26 bits per heavy atom. The molecule has 10 heteroatoms. The van der Waals surface area contributed by atoms with Crippen LogP contribution >= 0.6 is 0 Å². The van der Waals surface area contributed by atoms with Gasteiger partial charge in [-0.15, -0.1) is 0 Å². The first-order chi connectivity index (χ1) is 16.2. The number of hydrogen-bond acceptors (Lipinski definition) is 8. The van der Waals surface area contributed by atoms with Crippen LogP contribution in [0, 0.1) is 0 Å². The van der Waals surface area contributed by atoms with Gasteiger partial charge in [0.15, 0.2) is 0 Å². The summed E-state index contributed by atoms with van der Waals surface area (Å²) >= 11 is 0. The van der Waals surface area contributed by atoms with Crippen LogP contribution in [0.5, 0.6) is 0 Å². The molecule has 10 nitrogen and oxygen atoms in total. The maximum atomic E-state index is 11.8. The van der Waals surface area contributed by atoms with E-state index in [9.17, 15) is 19.2 Å². The van der Waals surface area contributed by atoms with E-state index in [0.717, 1.165) is 11.1 Å². The van der Waals surface area contributed by atoms with Crippen molar-refractivity contribution >= 4 is 23.8 Å². The van der Waals surface area contributed by atoms with Crippen molar-refractivity contribution in [3.8, 4) is 0 Å². The number of rotatable bonds is 10. The van der Waals surface area contributed by atoms with Crippen LogP contribution in [0.25, 0.3) is 0 Å². The first-order valence-electron chi connectivity index (χ1n) is 10.4. The Morgan fingerprint density at radius 3 is 1.71 bits per heavy atom. The van der Waals surface area contributed by atoms with Gasteiger partial charge in [-0.1, -0.05) is 60.7 Å². The lowest BCUT2D eigenvalue weighted by Gasteiger charge is -2.18. The van der Waals surface area contributed by atoms with E-state index in [4.69, 9.17) is 16.6 Å². The molecule has 0 bridgehead atoms. The second-order valence-electron chi connectivity index (χ2n) is 7.30. The molecule has 2 rings (SSSR count). The highest BCUT2D eigenvalue weighted by molar-refractivity contribution is 5.89. The number of carbonyl (C=O) groups excluding carboxylic acids is 3. The minimum absolute atomic E-state index is 0.235. The van der Waals surface area contributed by atoms with Crippen molar-refractivity contribution in [2.45, 2.75) is 37.4 Å². The maximum Gasteiger partial charge on any atom is 0.328 e. The number of amides is 1. The number of nitrogens with two attached hydrogens (primary N) is 2. The van der Waals surface area contributed by atoms with Crippen molar-refractivity contribution in [1.82, 2.24) is 5.32 Å². The molecule has 0 spiro atoms. The molecule has 0 aromatic heterocycles. The zero-order chi connectivity index (χ0) is 25.5. The molecule has 0 fully saturated rings. The third kappa shape index (κ3) is 10.7. The quantitative estimate of drug-likeness (QED) is 0.357. The lowest BCUT2D eigenvalue weighted by Crippen LogP contribution is -2.50. The smallest absolute Gasteiger partial charge is 0.328 e. The number of carbonyl (C=O) groups is 4. The predicted molar refractivity (Wildman–Crippen MR) is 124 cm³/mol. The number of aliphatic carboxylic acids is 1. The zero-order valence-electron chi connectivity index (χ0n) is 19.2. The van der Waals surface area contributed by atoms with E-state index in [0.29, 0.717) is 6.42 Å². The summed E-state index contributed by atoms with van der Waals surface area (Å²) < 4.78 is 9.16. The molecule has 0 saturated carbocycles. The summed E-state index contributed by atoms with van der Waals surface area (Å²) in [5, 5.41) is 11.0. The van der Waals surface area contributed by atoms with Crippen LogP contribution in [0.2, 0.25) is 0 Å². The van der Waals surface area contributed by atoms with E-state index < -0.39 is 42.4 Å². The molecule has 1 amide bonds. The largest absolute Gasteiger partial charge is 0.481 e. The van der Waals surface area contributed by atoms with Gasteiger partial charge in [0.05, 0.1) is 26.7 Å². The monoisotopic (exact) mass is 473 g/mol. The standard InChI is InChI=1S/C14H18N2O5.C10H13NO2/c1-21-14(20)11(7-9-5-3-2-4-6-9)16-13(19)10(15)8-12(17)18;1-13-10(12)9(11)7-8-5-3-2-4-6-8/h2-6,10-11H,7-8,15H2,1H3,(H,16,19)(H,17,18);2-6,9H,7,11H2,1H3/t;9-/m.0/s1. The third-order valence-electron chi connectivity index (χ3n) is 4.62. The van der Waals surface area contributed by atoms with Crippen LogP contribution in [0.3, 0.4) is 0 Å². The number of methoxy groups -OCH3 is 2. The minimum atomic E-state index is -1.22. The van der Waals surface area contributed by atoms with Crippen molar-refractivity contribution in [3.63, 3.8) is 0 Å². The van der Waals surface area contributed by atoms with Gasteiger partial charge < -0.3 is 31.4 Å². The molecule has 6 N–H and O–H groups in total. The van der Waals surface area contributed by atoms with Gasteiger partial charge in [-0.3, -0.25) is 14.4 Å². The number of hydrogen-bond donors (Lipinski definition) is 4. The Hall–Kier alpha value is -3.76. The average Bonchev–Trinajstić information content (AvgIpc) is 2.83. The first-order valence-corrected chi connectivity index (χ1v) is 10.4. The van der Waals surface area contributed by atoms with Gasteiger partial charge in [-0.25, -0.2) is 4.79 Å². The highest BCUT2D eigenvalue weighted by Gasteiger charge is 2.25. The van der Waals surface area contributed by atoms with Gasteiger partial charge >= 0.3 is 17.9 Å². The van der Waals surface area contributed by atoms with Gasteiger partial charge in [0.1, 0.15) is 12.1 Å². The van der Waals surface area contributed by atoms with Crippen LogP contribution in [-0.4, -0.2) is 61.3 Å². The molecule has 2 aromatic rings. The summed E-state index contributed by atoms with van der Waals surface area (Å²) in [5.74, 6) is -2.88. The van der Waals surface area contributed by atoms with E-state index in [1.54, 1.807) is 12.1 Å². The van der Waals surface area contributed by atoms with E-state index in [-0.39, 0.29) is 12.4 Å². The summed E-state index contributed by atoms with van der Waals surface area (Å²) in [7, 11) is 2.55. The fourth-order valence-electron chi connectivity index (χ4n) is 2.85. The fourth-order valence-corrected chi connectivity index (χ4v) is 2.85. The van der Waals surface area contributed by atoms with Gasteiger partial charge in [0.2, 0.25) is 5.91 Å². The topological polar surface area (TPSA) is 171 Å². The molecule has 184 valence electrons. The lowest BCUT2D eigenvalue weighted by molar-refractivity contribution is -0.145. The number of carboxylic acids is 1. The molecular formula is C24H31N3O7. The van der Waals surface area contributed by atoms with E-state index in [2.05, 4.69) is 14.8 Å². The molecule has 2 unspecified atom stereocenters. The van der Waals surface area contributed by atoms with Crippen LogP contribution < -0.4 is 16.8 Å². The number of carboxylic acid groups (broad SMARTS) is 1. The zero-order valence-corrected chi connectivity index (χ0v) is 19.2. The van der Waals surface area contributed by atoms with Crippen LogP contribution in [0.4, 0.5) is 0 Å². The molecule has 2 aromatic carbocycles. The van der Waals surface area contributed by atoms with Crippen LogP contribution in [0.1, 0.15) is 17.5 Å². The summed E-state index contributed by atoms with van der Waals surface area (Å²) in [5.41, 5.74) is 12.9. The second-order valence-corrected chi connectivity index (χ2v) is 7.30. The number of benzene rings is 2. The molecule has 0 radical (unpaired) electrons. The first kappa shape index (κ1) is 28.3. The average molecular weight is 474 g/mol. The molecule has 0 saturated heterocycles. The van der Waals surface area contributed by atoms with Crippen LogP contribution in [-0.2, 0) is 41.5 Å². The van der Waals surface area contributed by atoms with Crippen molar-refractivity contribution in [2.24, 2.45) is 11.5 Å². The van der Waals surface area contributed by atoms with Crippen molar-refractivity contribution < 1.29 is 33.8 Å². The Bertz CT molecular complexity index is 923. The molecule has 0 aliphatic rings. The van der Waals surface area contributed by atoms with E-state index >= 15 is 0 Å². The molecule has 0 aliphatic heterocycles. The fraction of sp³-hybridized carbons (Fsp3) is 0.333. The second kappa shape index (κ2) is 15.1. The third-order valence-corrected chi connectivity index (χ3v) is 4.62. The Balaban J connectivity index is 0.000000380. The van der Waals surface area contributed by atoms with Gasteiger partial charge in [-0.2, -0.15) is 0 Å². The molecule has 0 heterocycles. The summed E-state index contributed by atoms with van der Waals surface area (Å²) in [4.78, 5) is 45.0. The Morgan fingerprint density at radius 1 is 0.794 bits per heavy atom. The van der Waals surface area contributed by atoms with E-state index in [1.165, 1.54) is 14.2 Å². The minimum Gasteiger partial charge on any atom is -0.481 e. The van der Waals surface area contributed by atoms with Crippen molar-refractivity contribution in [3.05, 3.63) is 71.8 Å². The Labute approximate surface area is 198 Å². The van der Waals surface area contributed by atoms with Crippen molar-refractivity contribution in [2.75, 3.05) is 14.2 Å². The molecule has 0 aliphatic carbocycles. The van der Waals surface area contributed by atoms with Crippen molar-refractivity contribution in [1.29, 1.82) is 0 Å². The number of esters is 2. The van der Waals surface area contributed by atoms with Crippen LogP contribution in [0.15, 0.2) is 60.7 Å². The maximum absolute atomic E-state index is 11.8. The molecular weight excluding hydrogens is 442 g/mol. The summed E-state index contributed by atoms with van der Waals surface area (Å²) in [6, 6.07) is 16.0. The highest BCUT2D eigenvalue weighted by Crippen LogP contribution is 2.05. The van der Waals surface area contributed by atoms with Gasteiger partial charge in [-0.05, 0) is 17.5 Å². The van der Waals surface area contributed by atoms with E-state index in [1.807, 2.05) is 48.5 Å². The normalized spacial score (nSPS) is 12.7. The highest BCUT2D eigenvalue weighted by atomic mass is 16.5. The SMILES string of the molecule is COC(=O)C(Cc1ccccc1)NC(=O)C(N)CC(=O)O.COC(=O)[C@@H](N)Cc1ccccc1. The molecule has 3 atom stereocenters. The molecule has 34 heavy (non-hydrogen) atoms. The lowest BCUT2D eigenvalue weighted by atomic mass is 10.1. The Kier molecular flexibility index (Phi) is 12.6.